The average Bonchev–Trinajstić information content (AvgIpc) is 3.20. The number of hydrogen-bond acceptors (Lipinski definition) is 7. The van der Waals surface area contributed by atoms with Crippen LogP contribution >= 0.6 is 0 Å². The standard InChI is InChI=1S/C24H34N4O6/c1-14(15(2)25-6)16-7-9-18(10-8-16)34-27-22(32)19-11-17(30)12-28(19)23(33)21(24(3,4)5)26-20(31)13-29/h7-10,17,19,21,29-30H,6,11-13H2,1-5H3,(H,26,31)(H,27,32)/b15-14+/t17-,19?,21?/m1/s1. The molecule has 3 atom stereocenters. The maximum atomic E-state index is 13.2. The largest absolute Gasteiger partial charge is 0.391 e. The number of likely N-dealkylation sites (tertiary alicyclic amines) is 1. The van der Waals surface area contributed by atoms with Crippen molar-refractivity contribution in [2.75, 3.05) is 13.2 Å². The minimum atomic E-state index is -0.994. The van der Waals surface area contributed by atoms with E-state index in [0.717, 1.165) is 16.8 Å². The number of aliphatic imine (C=N–C) groups is 1. The molecule has 34 heavy (non-hydrogen) atoms. The summed E-state index contributed by atoms with van der Waals surface area (Å²) in [5.74, 6) is -1.44. The Morgan fingerprint density at radius 2 is 1.85 bits per heavy atom. The fourth-order valence-electron chi connectivity index (χ4n) is 3.60. The van der Waals surface area contributed by atoms with Gasteiger partial charge in [-0.3, -0.25) is 19.4 Å². The van der Waals surface area contributed by atoms with Gasteiger partial charge in [0.1, 0.15) is 18.7 Å². The van der Waals surface area contributed by atoms with E-state index in [2.05, 4.69) is 22.5 Å². The Kier molecular flexibility index (Phi) is 8.94. The number of nitrogens with one attached hydrogen (secondary N) is 2. The van der Waals surface area contributed by atoms with E-state index in [1.54, 1.807) is 32.9 Å². The first-order valence-electron chi connectivity index (χ1n) is 11.0. The molecule has 2 unspecified atom stereocenters. The molecule has 1 heterocycles. The van der Waals surface area contributed by atoms with Crippen LogP contribution in [0.1, 0.15) is 46.6 Å². The normalized spacial score (nSPS) is 19.7. The van der Waals surface area contributed by atoms with Gasteiger partial charge in [0.15, 0.2) is 5.75 Å². The Hall–Kier alpha value is -3.24. The van der Waals surface area contributed by atoms with E-state index in [9.17, 15) is 19.5 Å². The van der Waals surface area contributed by atoms with Crippen LogP contribution in [0.4, 0.5) is 0 Å². The molecule has 2 rings (SSSR count). The van der Waals surface area contributed by atoms with Crippen molar-refractivity contribution in [3.05, 3.63) is 35.5 Å². The van der Waals surface area contributed by atoms with Crippen LogP contribution in [0.25, 0.3) is 5.57 Å². The molecule has 1 aliphatic rings. The number of rotatable bonds is 8. The van der Waals surface area contributed by atoms with Crippen molar-refractivity contribution in [2.24, 2.45) is 10.4 Å². The SMILES string of the molecule is C=N/C(C)=C(\C)c1ccc(ONC(=O)C2C[C@@H](O)CN2C(=O)C(NC(=O)CO)C(C)(C)C)cc1. The molecule has 4 N–H and O–H groups in total. The summed E-state index contributed by atoms with van der Waals surface area (Å²) in [6.45, 7) is 11.7. The number of carbonyl (C=O) groups excluding carboxylic acids is 3. The first kappa shape index (κ1) is 27.0. The molecule has 1 aliphatic heterocycles. The highest BCUT2D eigenvalue weighted by atomic mass is 16.7. The Morgan fingerprint density at radius 1 is 1.24 bits per heavy atom. The zero-order chi connectivity index (χ0) is 25.6. The molecule has 1 aromatic rings. The molecule has 1 fully saturated rings. The molecule has 10 nitrogen and oxygen atoms in total. The average molecular weight is 475 g/mol. The van der Waals surface area contributed by atoms with Gasteiger partial charge in [-0.2, -0.15) is 5.48 Å². The number of benzene rings is 1. The third-order valence-electron chi connectivity index (χ3n) is 5.76. The maximum absolute atomic E-state index is 13.2. The molecule has 1 aromatic carbocycles. The first-order valence-corrected chi connectivity index (χ1v) is 11.0. The van der Waals surface area contributed by atoms with Crippen LogP contribution in [0.3, 0.4) is 0 Å². The quantitative estimate of drug-likeness (QED) is 0.328. The van der Waals surface area contributed by atoms with Crippen molar-refractivity contribution in [1.82, 2.24) is 15.7 Å². The van der Waals surface area contributed by atoms with Gasteiger partial charge in [0.2, 0.25) is 11.8 Å². The molecule has 0 radical (unpaired) electrons. The number of aliphatic hydroxyl groups is 2. The minimum Gasteiger partial charge on any atom is -0.391 e. The molecule has 0 aliphatic carbocycles. The third-order valence-corrected chi connectivity index (χ3v) is 5.76. The zero-order valence-corrected chi connectivity index (χ0v) is 20.3. The van der Waals surface area contributed by atoms with Crippen LogP contribution in [-0.2, 0) is 14.4 Å². The number of nitrogens with zero attached hydrogens (tertiary/aromatic N) is 2. The molecular formula is C24H34N4O6. The van der Waals surface area contributed by atoms with E-state index >= 15 is 0 Å². The van der Waals surface area contributed by atoms with E-state index in [1.165, 1.54) is 4.90 Å². The van der Waals surface area contributed by atoms with E-state index < -0.39 is 47.9 Å². The molecule has 186 valence electrons. The van der Waals surface area contributed by atoms with Crippen LogP contribution in [0.2, 0.25) is 0 Å². The van der Waals surface area contributed by atoms with Crippen LogP contribution in [0.15, 0.2) is 35.0 Å². The van der Waals surface area contributed by atoms with Gasteiger partial charge in [-0.05, 0) is 49.2 Å². The summed E-state index contributed by atoms with van der Waals surface area (Å²) < 4.78 is 0. The predicted molar refractivity (Wildman–Crippen MR) is 128 cm³/mol. The van der Waals surface area contributed by atoms with Crippen LogP contribution in [0, 0.1) is 5.41 Å². The van der Waals surface area contributed by atoms with Gasteiger partial charge >= 0.3 is 0 Å². The Morgan fingerprint density at radius 3 is 2.38 bits per heavy atom. The molecule has 0 bridgehead atoms. The topological polar surface area (TPSA) is 141 Å². The van der Waals surface area contributed by atoms with Crippen LogP contribution < -0.4 is 15.6 Å². The molecule has 0 saturated carbocycles. The van der Waals surface area contributed by atoms with Crippen molar-refractivity contribution in [2.45, 2.75) is 59.2 Å². The molecule has 0 aromatic heterocycles. The van der Waals surface area contributed by atoms with Crippen molar-refractivity contribution in [1.29, 1.82) is 0 Å². The van der Waals surface area contributed by atoms with Gasteiger partial charge < -0.3 is 25.3 Å². The number of hydrogen-bond donors (Lipinski definition) is 4. The van der Waals surface area contributed by atoms with E-state index in [1.807, 2.05) is 26.0 Å². The van der Waals surface area contributed by atoms with Gasteiger partial charge in [-0.25, -0.2) is 0 Å². The number of hydroxylamine groups is 1. The van der Waals surface area contributed by atoms with Gasteiger partial charge in [-0.1, -0.05) is 32.9 Å². The Balaban J connectivity index is 2.11. The third kappa shape index (κ3) is 6.64. The monoisotopic (exact) mass is 474 g/mol. The summed E-state index contributed by atoms with van der Waals surface area (Å²) >= 11 is 0. The lowest BCUT2D eigenvalue weighted by Crippen LogP contribution is -2.58. The van der Waals surface area contributed by atoms with Gasteiger partial charge in [0, 0.05) is 18.7 Å². The van der Waals surface area contributed by atoms with Crippen molar-refractivity contribution < 1.29 is 29.4 Å². The Bertz CT molecular complexity index is 951. The van der Waals surface area contributed by atoms with Gasteiger partial charge in [-0.15, -0.1) is 0 Å². The summed E-state index contributed by atoms with van der Waals surface area (Å²) in [4.78, 5) is 48.4. The van der Waals surface area contributed by atoms with Gasteiger partial charge in [0.05, 0.1) is 6.10 Å². The Labute approximate surface area is 199 Å². The number of amides is 3. The van der Waals surface area contributed by atoms with E-state index in [4.69, 9.17) is 9.94 Å². The highest BCUT2D eigenvalue weighted by Crippen LogP contribution is 2.26. The molecule has 3 amide bonds. The highest BCUT2D eigenvalue weighted by molar-refractivity contribution is 5.93. The van der Waals surface area contributed by atoms with Gasteiger partial charge in [0.25, 0.3) is 5.91 Å². The number of carbonyl (C=O) groups is 3. The maximum Gasteiger partial charge on any atom is 0.275 e. The fourth-order valence-corrected chi connectivity index (χ4v) is 3.60. The van der Waals surface area contributed by atoms with Crippen LogP contribution in [-0.4, -0.2) is 70.9 Å². The lowest BCUT2D eigenvalue weighted by atomic mass is 9.85. The summed E-state index contributed by atoms with van der Waals surface area (Å²) in [5, 5.41) is 21.7. The van der Waals surface area contributed by atoms with E-state index in [-0.39, 0.29) is 13.0 Å². The molecular weight excluding hydrogens is 440 g/mol. The molecule has 1 saturated heterocycles. The highest BCUT2D eigenvalue weighted by Gasteiger charge is 2.44. The molecule has 10 heteroatoms. The lowest BCUT2D eigenvalue weighted by molar-refractivity contribution is -0.146. The smallest absolute Gasteiger partial charge is 0.275 e. The number of aliphatic hydroxyl groups excluding tert-OH is 2. The predicted octanol–water partition coefficient (Wildman–Crippen LogP) is 1.03. The second-order valence-corrected chi connectivity index (χ2v) is 9.38. The van der Waals surface area contributed by atoms with Crippen molar-refractivity contribution >= 4 is 30.0 Å². The summed E-state index contributed by atoms with van der Waals surface area (Å²) in [5.41, 5.74) is 4.34. The van der Waals surface area contributed by atoms with Crippen molar-refractivity contribution in [3.8, 4) is 5.75 Å². The van der Waals surface area contributed by atoms with Crippen LogP contribution in [0.5, 0.6) is 5.75 Å². The van der Waals surface area contributed by atoms with Crippen molar-refractivity contribution in [3.63, 3.8) is 0 Å². The first-order chi connectivity index (χ1) is 15.9. The van der Waals surface area contributed by atoms with E-state index in [0.29, 0.717) is 5.75 Å². The summed E-state index contributed by atoms with van der Waals surface area (Å²) in [6.07, 6.45) is -0.868. The number of allylic oxidation sites excluding steroid dienone is 2. The zero-order valence-electron chi connectivity index (χ0n) is 20.3. The second-order valence-electron chi connectivity index (χ2n) is 9.38. The lowest BCUT2D eigenvalue weighted by Gasteiger charge is -2.35. The minimum absolute atomic E-state index is 0.0303. The fraction of sp³-hybridized carbons (Fsp3) is 0.500. The summed E-state index contributed by atoms with van der Waals surface area (Å²) in [7, 11) is 0. The molecule has 0 spiro atoms. The second kappa shape index (κ2) is 11.3. The number of β-amino-alcohol motifs (C(OH)–C–C–N with tert-alkyl or cyclic N) is 1. The summed E-state index contributed by atoms with van der Waals surface area (Å²) in [6, 6.07) is 5.02.